The maximum absolute atomic E-state index is 6.45. The molecule has 24 heavy (non-hydrogen) atoms. The van der Waals surface area contributed by atoms with Gasteiger partial charge in [-0.1, -0.05) is 41.9 Å². The molecule has 0 bridgehead atoms. The van der Waals surface area contributed by atoms with Crippen LogP contribution in [-0.4, -0.2) is 14.8 Å². The van der Waals surface area contributed by atoms with Crippen molar-refractivity contribution in [2.45, 2.75) is 19.4 Å². The van der Waals surface area contributed by atoms with Gasteiger partial charge in [0, 0.05) is 17.8 Å². The topological polar surface area (TPSA) is 30.7 Å². The van der Waals surface area contributed by atoms with Crippen LogP contribution in [0.4, 0.5) is 0 Å². The highest BCUT2D eigenvalue weighted by Gasteiger charge is 2.26. The van der Waals surface area contributed by atoms with Gasteiger partial charge in [0.15, 0.2) is 0 Å². The zero-order chi connectivity index (χ0) is 16.1. The van der Waals surface area contributed by atoms with Crippen molar-refractivity contribution in [3.8, 4) is 21.8 Å². The Bertz CT molecular complexity index is 1030. The molecule has 0 atom stereocenters. The Labute approximate surface area is 148 Å². The van der Waals surface area contributed by atoms with Gasteiger partial charge in [0.2, 0.25) is 0 Å². The van der Waals surface area contributed by atoms with Crippen molar-refractivity contribution in [1.29, 1.82) is 0 Å². The van der Waals surface area contributed by atoms with Crippen molar-refractivity contribution >= 4 is 33.2 Å². The number of hydrogen-bond donors (Lipinski definition) is 0. The predicted molar refractivity (Wildman–Crippen MR) is 99.6 cm³/mol. The SMILES string of the molecule is Clc1ccccc1-c1nn2c(c1-c1nc3ccccc3s1)CCC2. The average molecular weight is 352 g/mol. The third-order valence-electron chi connectivity index (χ3n) is 4.48. The van der Waals surface area contributed by atoms with Crippen LogP contribution in [-0.2, 0) is 13.0 Å². The van der Waals surface area contributed by atoms with Crippen molar-refractivity contribution in [2.24, 2.45) is 0 Å². The van der Waals surface area contributed by atoms with Crippen molar-refractivity contribution in [1.82, 2.24) is 14.8 Å². The first-order chi connectivity index (χ1) is 11.8. The number of halogens is 1. The quantitative estimate of drug-likeness (QED) is 0.482. The van der Waals surface area contributed by atoms with Crippen molar-refractivity contribution in [3.63, 3.8) is 0 Å². The summed E-state index contributed by atoms with van der Waals surface area (Å²) in [6, 6.07) is 16.2. The molecule has 0 N–H and O–H groups in total. The van der Waals surface area contributed by atoms with Crippen molar-refractivity contribution < 1.29 is 0 Å². The maximum atomic E-state index is 6.45. The fourth-order valence-corrected chi connectivity index (χ4v) is 4.64. The highest BCUT2D eigenvalue weighted by molar-refractivity contribution is 7.21. The lowest BCUT2D eigenvalue weighted by molar-refractivity contribution is 0.659. The summed E-state index contributed by atoms with van der Waals surface area (Å²) in [5, 5.41) is 6.64. The Morgan fingerprint density at radius 3 is 2.75 bits per heavy atom. The van der Waals surface area contributed by atoms with E-state index >= 15 is 0 Å². The van der Waals surface area contributed by atoms with E-state index in [-0.39, 0.29) is 0 Å². The van der Waals surface area contributed by atoms with Crippen LogP contribution >= 0.6 is 22.9 Å². The van der Waals surface area contributed by atoms with Gasteiger partial charge in [-0.2, -0.15) is 5.10 Å². The summed E-state index contributed by atoms with van der Waals surface area (Å²) in [7, 11) is 0. The molecule has 2 aromatic carbocycles. The fraction of sp³-hybridized carbons (Fsp3) is 0.158. The van der Waals surface area contributed by atoms with E-state index in [9.17, 15) is 0 Å². The molecule has 1 aliphatic heterocycles. The van der Waals surface area contributed by atoms with Crippen LogP contribution in [0, 0.1) is 0 Å². The first-order valence-corrected chi connectivity index (χ1v) is 9.21. The van der Waals surface area contributed by atoms with Crippen molar-refractivity contribution in [3.05, 3.63) is 59.2 Å². The normalized spacial score (nSPS) is 13.5. The Morgan fingerprint density at radius 1 is 1.04 bits per heavy atom. The van der Waals surface area contributed by atoms with Crippen LogP contribution in [0.25, 0.3) is 32.0 Å². The summed E-state index contributed by atoms with van der Waals surface area (Å²) < 4.78 is 3.33. The molecule has 2 aromatic heterocycles. The number of nitrogens with zero attached hydrogens (tertiary/aromatic N) is 3. The van der Waals surface area contributed by atoms with Gasteiger partial charge < -0.3 is 0 Å². The molecular weight excluding hydrogens is 338 g/mol. The average Bonchev–Trinajstić information content (AvgIpc) is 3.28. The molecule has 0 radical (unpaired) electrons. The first kappa shape index (κ1) is 14.2. The lowest BCUT2D eigenvalue weighted by atomic mass is 10.0. The summed E-state index contributed by atoms with van der Waals surface area (Å²) in [6.07, 6.45) is 2.19. The number of aryl methyl sites for hydroxylation is 1. The zero-order valence-corrected chi connectivity index (χ0v) is 14.4. The Kier molecular flexibility index (Phi) is 3.21. The molecular formula is C19H14ClN3S. The second-order valence-electron chi connectivity index (χ2n) is 5.96. The van der Waals surface area contributed by atoms with Crippen LogP contribution in [0.3, 0.4) is 0 Å². The molecule has 4 aromatic rings. The van der Waals surface area contributed by atoms with Gasteiger partial charge in [0.05, 0.1) is 20.8 Å². The number of hydrogen-bond acceptors (Lipinski definition) is 3. The van der Waals surface area contributed by atoms with Crippen LogP contribution in [0.5, 0.6) is 0 Å². The fourth-order valence-electron chi connectivity index (χ4n) is 3.38. The minimum atomic E-state index is 0.733. The number of fused-ring (bicyclic) bond motifs is 2. The molecule has 0 fully saturated rings. The molecule has 0 saturated heterocycles. The summed E-state index contributed by atoms with van der Waals surface area (Å²) >= 11 is 8.18. The number of benzene rings is 2. The molecule has 0 aliphatic carbocycles. The van der Waals surface area contributed by atoms with Gasteiger partial charge in [-0.3, -0.25) is 4.68 Å². The first-order valence-electron chi connectivity index (χ1n) is 8.02. The number of thiazole rings is 1. The number of aromatic nitrogens is 3. The second kappa shape index (κ2) is 5.43. The van der Waals surface area contributed by atoms with Gasteiger partial charge in [0.1, 0.15) is 10.7 Å². The van der Waals surface area contributed by atoms with Gasteiger partial charge in [-0.15, -0.1) is 11.3 Å². The Morgan fingerprint density at radius 2 is 1.88 bits per heavy atom. The largest absolute Gasteiger partial charge is 0.268 e. The molecule has 1 aliphatic rings. The lowest BCUT2D eigenvalue weighted by Crippen LogP contribution is -1.94. The van der Waals surface area contributed by atoms with Crippen molar-refractivity contribution in [2.75, 3.05) is 0 Å². The monoisotopic (exact) mass is 351 g/mol. The zero-order valence-electron chi connectivity index (χ0n) is 12.9. The van der Waals surface area contributed by atoms with E-state index in [0.29, 0.717) is 0 Å². The highest BCUT2D eigenvalue weighted by atomic mass is 35.5. The predicted octanol–water partition coefficient (Wildman–Crippen LogP) is 5.43. The smallest absolute Gasteiger partial charge is 0.128 e. The molecule has 0 amide bonds. The van der Waals surface area contributed by atoms with Gasteiger partial charge in [-0.05, 0) is 31.0 Å². The van der Waals surface area contributed by atoms with Gasteiger partial charge >= 0.3 is 0 Å². The van der Waals surface area contributed by atoms with Crippen LogP contribution in [0.1, 0.15) is 12.1 Å². The lowest BCUT2D eigenvalue weighted by Gasteiger charge is -2.04. The second-order valence-corrected chi connectivity index (χ2v) is 7.40. The highest BCUT2D eigenvalue weighted by Crippen LogP contribution is 2.42. The van der Waals surface area contributed by atoms with E-state index in [1.54, 1.807) is 11.3 Å². The summed E-state index contributed by atoms with van der Waals surface area (Å²) in [5.41, 5.74) is 5.41. The van der Waals surface area contributed by atoms with E-state index in [2.05, 4.69) is 22.9 Å². The van der Waals surface area contributed by atoms with Crippen LogP contribution < -0.4 is 0 Å². The van der Waals surface area contributed by atoms with Gasteiger partial charge in [0.25, 0.3) is 0 Å². The van der Waals surface area contributed by atoms with E-state index < -0.39 is 0 Å². The van der Waals surface area contributed by atoms with E-state index in [1.165, 1.54) is 10.4 Å². The molecule has 118 valence electrons. The Hall–Kier alpha value is -2.17. The summed E-state index contributed by atoms with van der Waals surface area (Å²) in [5.74, 6) is 0. The number of para-hydroxylation sites is 1. The third kappa shape index (κ3) is 2.10. The minimum Gasteiger partial charge on any atom is -0.268 e. The molecule has 5 rings (SSSR count). The molecule has 0 unspecified atom stereocenters. The van der Waals surface area contributed by atoms with Gasteiger partial charge in [-0.25, -0.2) is 4.98 Å². The summed E-state index contributed by atoms with van der Waals surface area (Å²) in [4.78, 5) is 4.87. The molecule has 3 nitrogen and oxygen atoms in total. The Balaban J connectivity index is 1.79. The summed E-state index contributed by atoms with van der Waals surface area (Å²) in [6.45, 7) is 0.970. The molecule has 0 spiro atoms. The van der Waals surface area contributed by atoms with E-state index in [1.807, 2.05) is 30.3 Å². The molecule has 5 heteroatoms. The standard InChI is InChI=1S/C19H14ClN3S/c20-13-7-2-1-6-12(13)18-17(15-9-5-11-23(15)22-18)19-21-14-8-3-4-10-16(14)24-19/h1-4,6-8,10H,5,9,11H2. The third-order valence-corrected chi connectivity index (χ3v) is 5.86. The van der Waals surface area contributed by atoms with E-state index in [0.717, 1.165) is 51.8 Å². The molecule has 0 saturated carbocycles. The minimum absolute atomic E-state index is 0.733. The van der Waals surface area contributed by atoms with Crippen LogP contribution in [0.2, 0.25) is 5.02 Å². The number of rotatable bonds is 2. The van der Waals surface area contributed by atoms with Crippen LogP contribution in [0.15, 0.2) is 48.5 Å². The van der Waals surface area contributed by atoms with E-state index in [4.69, 9.17) is 21.7 Å². The maximum Gasteiger partial charge on any atom is 0.128 e. The molecule has 3 heterocycles.